The fraction of sp³-hybridized carbons (Fsp3) is 0.167. The molecule has 0 unspecified atom stereocenters. The van der Waals surface area contributed by atoms with Gasteiger partial charge in [0.15, 0.2) is 0 Å². The zero-order valence-electron chi connectivity index (χ0n) is 14.0. The largest absolute Gasteiger partial charge is 0.354 e. The quantitative estimate of drug-likeness (QED) is 0.651. The normalized spacial score (nSPS) is 13.1. The van der Waals surface area contributed by atoms with E-state index in [0.29, 0.717) is 29.3 Å². The van der Waals surface area contributed by atoms with Crippen LogP contribution in [-0.4, -0.2) is 45.9 Å². The lowest BCUT2D eigenvalue weighted by Gasteiger charge is -2.13. The minimum atomic E-state index is -0.455. The number of aromatic nitrogens is 2. The van der Waals surface area contributed by atoms with E-state index in [1.807, 2.05) is 17.5 Å². The molecule has 0 spiro atoms. The van der Waals surface area contributed by atoms with Gasteiger partial charge in [0.1, 0.15) is 6.54 Å². The molecule has 4 rings (SSSR count). The number of nitrogens with zero attached hydrogens (tertiary/aromatic N) is 3. The van der Waals surface area contributed by atoms with Gasteiger partial charge in [-0.25, -0.2) is 0 Å². The second-order valence-corrected chi connectivity index (χ2v) is 6.78. The maximum absolute atomic E-state index is 12.2. The zero-order chi connectivity index (χ0) is 18.8. The molecule has 9 heteroatoms. The summed E-state index contributed by atoms with van der Waals surface area (Å²) in [5.41, 5.74) is 0.643. The number of carbonyl (C=O) groups excluding carboxylic acids is 3. The summed E-state index contributed by atoms with van der Waals surface area (Å²) in [6, 6.07) is 10.3. The molecule has 0 aliphatic carbocycles. The lowest BCUT2D eigenvalue weighted by atomic mass is 10.1. The number of hydrogen-bond donors (Lipinski definition) is 1. The monoisotopic (exact) mass is 382 g/mol. The molecule has 0 atom stereocenters. The molecule has 0 bridgehead atoms. The Bertz CT molecular complexity index is 977. The molecule has 8 nitrogen and oxygen atoms in total. The Labute approximate surface area is 157 Å². The molecule has 1 aliphatic heterocycles. The smallest absolute Gasteiger partial charge is 0.262 e. The number of imide groups is 1. The predicted molar refractivity (Wildman–Crippen MR) is 96.1 cm³/mol. The van der Waals surface area contributed by atoms with Crippen LogP contribution in [0.15, 0.2) is 46.3 Å². The molecule has 0 radical (unpaired) electrons. The third-order valence-corrected chi connectivity index (χ3v) is 4.92. The lowest BCUT2D eigenvalue weighted by Crippen LogP contribution is -2.40. The van der Waals surface area contributed by atoms with Crippen LogP contribution in [0.1, 0.15) is 26.6 Å². The Morgan fingerprint density at radius 2 is 1.85 bits per heavy atom. The van der Waals surface area contributed by atoms with Crippen LogP contribution < -0.4 is 5.32 Å². The summed E-state index contributed by atoms with van der Waals surface area (Å²) in [6.45, 7) is -0.0648. The molecule has 3 heterocycles. The molecule has 1 aliphatic rings. The van der Waals surface area contributed by atoms with Crippen LogP contribution in [0.25, 0.3) is 10.7 Å². The van der Waals surface area contributed by atoms with E-state index in [2.05, 4.69) is 15.5 Å². The van der Waals surface area contributed by atoms with Crippen molar-refractivity contribution in [1.29, 1.82) is 0 Å². The summed E-state index contributed by atoms with van der Waals surface area (Å²) in [7, 11) is 0. The van der Waals surface area contributed by atoms with Gasteiger partial charge in [-0.1, -0.05) is 23.4 Å². The van der Waals surface area contributed by atoms with Gasteiger partial charge in [-0.05, 0) is 23.6 Å². The van der Waals surface area contributed by atoms with E-state index in [1.165, 1.54) is 11.3 Å². The first-order chi connectivity index (χ1) is 13.1. The van der Waals surface area contributed by atoms with Crippen LogP contribution in [0.3, 0.4) is 0 Å². The number of nitrogens with one attached hydrogen (secondary N) is 1. The Hall–Kier alpha value is -3.33. The van der Waals surface area contributed by atoms with Crippen molar-refractivity contribution in [3.8, 4) is 10.7 Å². The van der Waals surface area contributed by atoms with Crippen molar-refractivity contribution >= 4 is 29.1 Å². The van der Waals surface area contributed by atoms with E-state index in [9.17, 15) is 14.4 Å². The van der Waals surface area contributed by atoms with Gasteiger partial charge in [0.2, 0.25) is 17.6 Å². The highest BCUT2D eigenvalue weighted by Gasteiger charge is 2.36. The summed E-state index contributed by atoms with van der Waals surface area (Å²) in [5.74, 6) is -0.425. The second-order valence-electron chi connectivity index (χ2n) is 5.83. The third-order valence-electron chi connectivity index (χ3n) is 4.05. The molecular formula is C18H14N4O4S. The van der Waals surface area contributed by atoms with Gasteiger partial charge >= 0.3 is 0 Å². The van der Waals surface area contributed by atoms with Gasteiger partial charge in [0, 0.05) is 13.0 Å². The van der Waals surface area contributed by atoms with Crippen LogP contribution in [0.5, 0.6) is 0 Å². The highest BCUT2D eigenvalue weighted by Crippen LogP contribution is 2.22. The van der Waals surface area contributed by atoms with Crippen LogP contribution in [0.4, 0.5) is 0 Å². The predicted octanol–water partition coefficient (Wildman–Crippen LogP) is 1.75. The molecular weight excluding hydrogens is 368 g/mol. The summed E-state index contributed by atoms with van der Waals surface area (Å²) in [5, 5.41) is 8.48. The van der Waals surface area contributed by atoms with Crippen molar-refractivity contribution in [2.24, 2.45) is 0 Å². The average molecular weight is 382 g/mol. The second kappa shape index (κ2) is 7.12. The Kier molecular flexibility index (Phi) is 4.51. The van der Waals surface area contributed by atoms with Gasteiger partial charge in [0.25, 0.3) is 11.8 Å². The zero-order valence-corrected chi connectivity index (χ0v) is 14.9. The third kappa shape index (κ3) is 3.36. The molecule has 1 aromatic carbocycles. The minimum Gasteiger partial charge on any atom is -0.354 e. The van der Waals surface area contributed by atoms with E-state index in [4.69, 9.17) is 4.52 Å². The van der Waals surface area contributed by atoms with Gasteiger partial charge in [0.05, 0.1) is 16.0 Å². The van der Waals surface area contributed by atoms with Crippen molar-refractivity contribution in [3.63, 3.8) is 0 Å². The molecule has 27 heavy (non-hydrogen) atoms. The first-order valence-electron chi connectivity index (χ1n) is 8.22. The fourth-order valence-electron chi connectivity index (χ4n) is 2.75. The van der Waals surface area contributed by atoms with E-state index in [-0.39, 0.29) is 13.1 Å². The summed E-state index contributed by atoms with van der Waals surface area (Å²) in [6.07, 6.45) is 0.353. The molecule has 0 saturated heterocycles. The van der Waals surface area contributed by atoms with Gasteiger partial charge in [-0.15, -0.1) is 11.3 Å². The maximum atomic E-state index is 12.2. The lowest BCUT2D eigenvalue weighted by molar-refractivity contribution is -0.121. The van der Waals surface area contributed by atoms with Crippen LogP contribution in [0.2, 0.25) is 0 Å². The Balaban J connectivity index is 1.30. The van der Waals surface area contributed by atoms with Crippen molar-refractivity contribution < 1.29 is 18.9 Å². The van der Waals surface area contributed by atoms with Crippen molar-refractivity contribution in [3.05, 3.63) is 58.8 Å². The molecule has 136 valence electrons. The number of carbonyl (C=O) groups is 3. The maximum Gasteiger partial charge on any atom is 0.262 e. The number of thiophene rings is 1. The van der Waals surface area contributed by atoms with E-state index < -0.39 is 17.7 Å². The number of rotatable bonds is 6. The van der Waals surface area contributed by atoms with Gasteiger partial charge in [-0.2, -0.15) is 4.98 Å². The average Bonchev–Trinajstić information content (AvgIpc) is 3.40. The number of fused-ring (bicyclic) bond motifs is 1. The topological polar surface area (TPSA) is 105 Å². The summed E-state index contributed by atoms with van der Waals surface area (Å²) < 4.78 is 5.16. The molecule has 0 fully saturated rings. The molecule has 3 aromatic rings. The van der Waals surface area contributed by atoms with Gasteiger partial charge in [-0.3, -0.25) is 19.3 Å². The molecule has 3 amide bonds. The van der Waals surface area contributed by atoms with E-state index >= 15 is 0 Å². The Morgan fingerprint density at radius 1 is 1.11 bits per heavy atom. The number of hydrogen-bond acceptors (Lipinski definition) is 7. The van der Waals surface area contributed by atoms with Crippen molar-refractivity contribution in [1.82, 2.24) is 20.4 Å². The van der Waals surface area contributed by atoms with Crippen LogP contribution in [-0.2, 0) is 11.2 Å². The highest BCUT2D eigenvalue weighted by molar-refractivity contribution is 7.13. The summed E-state index contributed by atoms with van der Waals surface area (Å²) in [4.78, 5) is 42.7. The minimum absolute atomic E-state index is 0.258. The number of amides is 3. The SMILES string of the molecule is O=C(CN1C(=O)c2ccccc2C1=O)NCCc1nc(-c2cccs2)no1. The van der Waals surface area contributed by atoms with Gasteiger partial charge < -0.3 is 9.84 Å². The summed E-state index contributed by atoms with van der Waals surface area (Å²) >= 11 is 1.51. The van der Waals surface area contributed by atoms with Crippen LogP contribution in [0, 0.1) is 0 Å². The molecule has 2 aromatic heterocycles. The van der Waals surface area contributed by atoms with Crippen molar-refractivity contribution in [2.45, 2.75) is 6.42 Å². The molecule has 0 saturated carbocycles. The Morgan fingerprint density at radius 3 is 2.52 bits per heavy atom. The van der Waals surface area contributed by atoms with E-state index in [0.717, 1.165) is 9.78 Å². The first kappa shape index (κ1) is 17.1. The highest BCUT2D eigenvalue weighted by atomic mass is 32.1. The number of benzene rings is 1. The molecule has 1 N–H and O–H groups in total. The standard InChI is InChI=1S/C18H14N4O4S/c23-14(10-22-17(24)11-4-1-2-5-12(11)18(22)25)19-8-7-15-20-16(21-26-15)13-6-3-9-27-13/h1-6,9H,7-8,10H2,(H,19,23). The van der Waals surface area contributed by atoms with Crippen LogP contribution >= 0.6 is 11.3 Å². The fourth-order valence-corrected chi connectivity index (χ4v) is 3.40. The van der Waals surface area contributed by atoms with Crippen molar-refractivity contribution in [2.75, 3.05) is 13.1 Å². The first-order valence-corrected chi connectivity index (χ1v) is 9.10. The van der Waals surface area contributed by atoms with E-state index in [1.54, 1.807) is 24.3 Å².